The Morgan fingerprint density at radius 1 is 0.437 bits per heavy atom. The number of nitrogens with one attached hydrogen (secondary N) is 3. The summed E-state index contributed by atoms with van der Waals surface area (Å²) >= 11 is 31.4. The van der Waals surface area contributed by atoms with Crippen molar-refractivity contribution in [3.8, 4) is 67.8 Å². The van der Waals surface area contributed by atoms with Crippen molar-refractivity contribution in [2.45, 2.75) is 183 Å². The molecule has 8 aromatic heterocycles. The summed E-state index contributed by atoms with van der Waals surface area (Å²) in [5.74, 6) is 2.46. The number of nitrogens with two attached hydrogens (primary N) is 2. The molecular weight excluding hydrogens is 1600 g/mol. The number of ether oxygens (including phenoxy) is 1. The van der Waals surface area contributed by atoms with Gasteiger partial charge < -0.3 is 26.6 Å². The zero-order valence-corrected chi connectivity index (χ0v) is 75.8. The predicted molar refractivity (Wildman–Crippen MR) is 486 cm³/mol. The SMILES string of the molecule is CC(C)(C)c1c(O)cc(-c2cn[nH]c2)cc1Cl.CC(C)(C)c1ccc(-c2ccnc(N)n2)cc1Cl.CC(C)(C)c1ccc(-n2ccc(N)n2)cc1Cl.CC(C)(C)c1ccc(-n2ccnn2)cc1Cl.CC(C)(C)c1ccc(-n2nccn2)cc1Cl.CC(C)(C)c1ncc(-c2cn[nH]c2)cc1F.CNc1ccn(-c2ccc(C(C)(C)C)c(OC)c2)n1. The Bertz CT molecular complexity index is 5350. The zero-order valence-electron chi connectivity index (χ0n) is 72.0. The number of hydrogen-bond acceptors (Lipinski definition) is 16. The molecule has 0 fully saturated rings. The van der Waals surface area contributed by atoms with Crippen LogP contribution in [0.15, 0.2) is 202 Å². The van der Waals surface area contributed by atoms with E-state index in [1.165, 1.54) is 11.6 Å². The van der Waals surface area contributed by atoms with Crippen molar-refractivity contribution >= 4 is 75.6 Å². The van der Waals surface area contributed by atoms with Crippen molar-refractivity contribution in [3.05, 3.63) is 272 Å². The average Bonchev–Trinajstić information content (AvgIpc) is 1.56. The molecule has 0 bridgehead atoms. The van der Waals surface area contributed by atoms with Gasteiger partial charge in [-0.05, 0) is 139 Å². The van der Waals surface area contributed by atoms with Crippen molar-refractivity contribution in [2.75, 3.05) is 30.9 Å². The molecule has 0 amide bonds. The second-order valence-corrected chi connectivity index (χ2v) is 37.3. The number of halogens is 6. The first-order chi connectivity index (χ1) is 55.5. The molecule has 8 N–H and O–H groups in total. The fourth-order valence-corrected chi connectivity index (χ4v) is 14.6. The lowest BCUT2D eigenvalue weighted by atomic mass is 9.85. The number of benzene rings is 6. The van der Waals surface area contributed by atoms with Gasteiger partial charge in [0, 0.05) is 121 Å². The Hall–Kier alpha value is -11.0. The molecule has 6 aromatic carbocycles. The van der Waals surface area contributed by atoms with Gasteiger partial charge in [-0.15, -0.1) is 5.10 Å². The van der Waals surface area contributed by atoms with Crippen LogP contribution in [-0.2, 0) is 37.9 Å². The third-order valence-corrected chi connectivity index (χ3v) is 19.9. The second-order valence-electron chi connectivity index (χ2n) is 35.2. The number of methoxy groups -OCH3 is 1. The fraction of sp³-hybridized carbons (Fsp3) is 0.330. The first-order valence-corrected chi connectivity index (χ1v) is 40.4. The van der Waals surface area contributed by atoms with E-state index in [1.807, 2.05) is 163 Å². The number of H-pyrrole nitrogens is 2. The number of aromatic hydroxyl groups is 1. The number of anilines is 3. The molecule has 14 aromatic rings. The van der Waals surface area contributed by atoms with E-state index in [9.17, 15) is 9.50 Å². The highest BCUT2D eigenvalue weighted by Crippen LogP contribution is 2.41. The number of phenols is 1. The Morgan fingerprint density at radius 2 is 0.908 bits per heavy atom. The van der Waals surface area contributed by atoms with Gasteiger partial charge in [0.25, 0.3) is 0 Å². The maximum atomic E-state index is 13.8. The Labute approximate surface area is 723 Å². The van der Waals surface area contributed by atoms with E-state index in [4.69, 9.17) is 74.2 Å². The van der Waals surface area contributed by atoms with Crippen molar-refractivity contribution in [1.29, 1.82) is 0 Å². The van der Waals surface area contributed by atoms with Crippen molar-refractivity contribution in [2.24, 2.45) is 0 Å². The molecule has 14 rings (SSSR count). The van der Waals surface area contributed by atoms with Crippen molar-refractivity contribution in [3.63, 3.8) is 0 Å². The third-order valence-electron chi connectivity index (χ3n) is 18.4. The minimum Gasteiger partial charge on any atom is -0.508 e. The number of rotatable bonds is 9. The van der Waals surface area contributed by atoms with Gasteiger partial charge in [0.15, 0.2) is 0 Å². The van der Waals surface area contributed by atoms with Crippen LogP contribution in [0.1, 0.15) is 184 Å². The molecule has 628 valence electrons. The van der Waals surface area contributed by atoms with E-state index >= 15 is 0 Å². The third kappa shape index (κ3) is 26.0. The maximum absolute atomic E-state index is 13.8. The van der Waals surface area contributed by atoms with Crippen LogP contribution in [0.2, 0.25) is 25.1 Å². The Morgan fingerprint density at radius 3 is 1.33 bits per heavy atom. The van der Waals surface area contributed by atoms with Crippen LogP contribution in [0.4, 0.5) is 22.0 Å². The van der Waals surface area contributed by atoms with Crippen LogP contribution >= 0.6 is 58.0 Å². The lowest BCUT2D eigenvalue weighted by Crippen LogP contribution is -2.15. The van der Waals surface area contributed by atoms with Crippen LogP contribution in [0.5, 0.6) is 11.5 Å². The summed E-state index contributed by atoms with van der Waals surface area (Å²) in [4.78, 5) is 13.8. The summed E-state index contributed by atoms with van der Waals surface area (Å²) in [7, 11) is 3.56. The maximum Gasteiger partial charge on any atom is 0.220 e. The standard InChI is InChI=1S/C15H21N3O.C14H16ClN3.C13H16ClN3.C13H15ClN2O.2C12H14ClN3.C12H14FN3/c1-15(2,3)12-7-6-11(10-13(12)19-5)18-9-8-14(16-4)17-18;1-14(2,3)10-5-4-9(8-11(10)15)12-6-7-17-13(16)18-12;1-13(2,3)10-5-4-9(8-11(10)14)17-7-6-12(15)16-17;1-13(2,3)12-10(14)4-8(5-11(12)17)9-6-15-16-7-9;1-12(2,3)10-5-4-9(8-11(10)13)16-7-6-14-15-16;1-12(2,3)10-5-4-9(8-11(10)13)16-14-6-7-15-16;1-12(2,3)11-10(13)4-8(5-14-11)9-6-15-16-7-9/h6-10H,1-5H3,(H,16,17);4-8H,1-3H3,(H2,16,17,18);4-8H,1-3H3,(H2,15,16);4-7,17H,1-3H3,(H,15,16);2*4-8H,1-3H3;4-7H,1-3H3,(H,15,16). The van der Waals surface area contributed by atoms with E-state index < -0.39 is 0 Å². The number of hydrogen-bond donors (Lipinski definition) is 6. The molecule has 0 saturated heterocycles. The highest BCUT2D eigenvalue weighted by Gasteiger charge is 2.26. The van der Waals surface area contributed by atoms with E-state index in [0.717, 1.165) is 116 Å². The van der Waals surface area contributed by atoms with E-state index in [2.05, 4.69) is 187 Å². The lowest BCUT2D eigenvalue weighted by Gasteiger charge is -2.22. The van der Waals surface area contributed by atoms with Gasteiger partial charge in [-0.3, -0.25) is 15.2 Å². The summed E-state index contributed by atoms with van der Waals surface area (Å²) < 4.78 is 24.6. The minimum absolute atomic E-state index is 0.0281. The van der Waals surface area contributed by atoms with Gasteiger partial charge in [0.1, 0.15) is 29.0 Å². The molecule has 0 aliphatic rings. The molecule has 0 saturated carbocycles. The highest BCUT2D eigenvalue weighted by molar-refractivity contribution is 6.33. The van der Waals surface area contributed by atoms with Crippen LogP contribution in [-0.4, -0.2) is 104 Å². The van der Waals surface area contributed by atoms with Crippen molar-refractivity contribution in [1.82, 2.24) is 84.9 Å². The van der Waals surface area contributed by atoms with Crippen molar-refractivity contribution < 1.29 is 14.2 Å². The van der Waals surface area contributed by atoms with Gasteiger partial charge in [0.05, 0.1) is 78.4 Å². The van der Waals surface area contributed by atoms with E-state index in [1.54, 1.807) is 95.4 Å². The highest BCUT2D eigenvalue weighted by atomic mass is 35.5. The number of nitrogens with zero attached hydrogens (tertiary/aromatic N) is 15. The largest absolute Gasteiger partial charge is 0.508 e. The number of nitrogen functional groups attached to an aromatic ring is 2. The van der Waals surface area contributed by atoms with Crippen LogP contribution in [0, 0.1) is 5.82 Å². The molecular formula is C91H110Cl5FN20O2. The molecule has 0 unspecified atom stereocenters. The van der Waals surface area contributed by atoms with Gasteiger partial charge in [-0.2, -0.15) is 35.4 Å². The smallest absolute Gasteiger partial charge is 0.220 e. The zero-order chi connectivity index (χ0) is 87.9. The predicted octanol–water partition coefficient (Wildman–Crippen LogP) is 23.4. The summed E-state index contributed by atoms with van der Waals surface area (Å²) in [5, 5.41) is 54.2. The van der Waals surface area contributed by atoms with Crippen LogP contribution in [0.25, 0.3) is 56.3 Å². The molecule has 8 heterocycles. The fourth-order valence-electron chi connectivity index (χ4n) is 12.2. The number of aromatic amines is 2. The topological polar surface area (TPSA) is 287 Å². The monoisotopic (exact) mass is 1710 g/mol. The van der Waals surface area contributed by atoms with Crippen LogP contribution in [0.3, 0.4) is 0 Å². The summed E-state index contributed by atoms with van der Waals surface area (Å²) in [5.41, 5.74) is 26.7. The summed E-state index contributed by atoms with van der Waals surface area (Å²) in [6, 6.07) is 40.5. The first-order valence-electron chi connectivity index (χ1n) is 38.5. The Kier molecular flexibility index (Phi) is 30.9. The van der Waals surface area contributed by atoms with Gasteiger partial charge >= 0.3 is 0 Å². The van der Waals surface area contributed by atoms with Gasteiger partial charge in [-0.25, -0.2) is 28.4 Å². The second kappa shape index (κ2) is 39.3. The number of pyridine rings is 1. The molecule has 0 spiro atoms. The van der Waals surface area contributed by atoms with Gasteiger partial charge in [0.2, 0.25) is 5.95 Å². The quantitative estimate of drug-likeness (QED) is 0.0783. The molecule has 0 radical (unpaired) electrons. The Balaban J connectivity index is 0.000000173. The molecule has 0 aliphatic heterocycles. The minimum atomic E-state index is -0.279. The normalized spacial score (nSPS) is 11.7. The molecule has 0 atom stereocenters. The molecule has 0 aliphatic carbocycles. The lowest BCUT2D eigenvalue weighted by molar-refractivity contribution is 0.397. The molecule has 22 nitrogen and oxygen atoms in total. The van der Waals surface area contributed by atoms with Gasteiger partial charge in [-0.1, -0.05) is 245 Å². The van der Waals surface area contributed by atoms with Crippen LogP contribution < -0.4 is 21.5 Å². The first kappa shape index (κ1) is 93.5. The number of phenolic OH excluding ortho intramolecular Hbond substituents is 1. The number of aromatic nitrogens is 17. The molecule has 28 heteroatoms. The average molecular weight is 1710 g/mol. The van der Waals surface area contributed by atoms with E-state index in [-0.39, 0.29) is 55.4 Å². The molecule has 119 heavy (non-hydrogen) atoms. The van der Waals surface area contributed by atoms with E-state index in [0.29, 0.717) is 16.5 Å². The summed E-state index contributed by atoms with van der Waals surface area (Å²) in [6.07, 6.45) is 20.6. The summed E-state index contributed by atoms with van der Waals surface area (Å²) in [6.45, 7) is 44.1.